The van der Waals surface area contributed by atoms with Crippen LogP contribution in [0, 0.1) is 5.92 Å². The minimum absolute atomic E-state index is 0.0343. The highest BCUT2D eigenvalue weighted by Crippen LogP contribution is 2.39. The van der Waals surface area contributed by atoms with Crippen molar-refractivity contribution in [3.8, 4) is 0 Å². The van der Waals surface area contributed by atoms with Gasteiger partial charge >= 0.3 is 0 Å². The molecule has 4 heteroatoms. The van der Waals surface area contributed by atoms with Crippen molar-refractivity contribution in [2.24, 2.45) is 11.7 Å². The second kappa shape index (κ2) is 6.23. The van der Waals surface area contributed by atoms with Crippen LogP contribution in [0.25, 0.3) is 0 Å². The molecule has 1 aromatic rings. The lowest BCUT2D eigenvalue weighted by atomic mass is 9.90. The Bertz CT molecular complexity index is 603. The van der Waals surface area contributed by atoms with E-state index in [0.29, 0.717) is 11.7 Å². The van der Waals surface area contributed by atoms with E-state index in [9.17, 15) is 4.79 Å². The zero-order valence-electron chi connectivity index (χ0n) is 14.6. The van der Waals surface area contributed by atoms with Gasteiger partial charge in [-0.3, -0.25) is 4.79 Å². The van der Waals surface area contributed by atoms with Crippen molar-refractivity contribution in [1.82, 2.24) is 10.3 Å². The number of nitrogens with one attached hydrogen (secondary N) is 1. The Kier molecular flexibility index (Phi) is 4.45. The number of carbonyl (C=O) groups is 1. The summed E-state index contributed by atoms with van der Waals surface area (Å²) in [5, 5.41) is 3.68. The fraction of sp³-hybridized carbons (Fsp3) is 0.684. The molecule has 0 radical (unpaired) electrons. The van der Waals surface area contributed by atoms with E-state index < -0.39 is 5.91 Å². The standard InChI is InChI=1S/C19H29N3O/c1-12(13-6-4-5-7-13)21-11-14-10-16(18(20)23)22-17-15(14)8-9-19(17,2)3/h10,12-13,21H,4-9,11H2,1-3H3,(H2,20,23). The number of hydrogen-bond acceptors (Lipinski definition) is 3. The third kappa shape index (κ3) is 3.27. The Balaban J connectivity index is 1.82. The van der Waals surface area contributed by atoms with Crippen LogP contribution in [0.4, 0.5) is 0 Å². The maximum absolute atomic E-state index is 11.7. The van der Waals surface area contributed by atoms with E-state index in [1.54, 1.807) is 0 Å². The molecule has 0 spiro atoms. The number of nitrogens with two attached hydrogens (primary N) is 1. The van der Waals surface area contributed by atoms with Gasteiger partial charge in [0.15, 0.2) is 0 Å². The van der Waals surface area contributed by atoms with Crippen LogP contribution in [0.5, 0.6) is 0 Å². The Morgan fingerprint density at radius 2 is 2.13 bits per heavy atom. The molecule has 1 heterocycles. The van der Waals surface area contributed by atoms with Crippen molar-refractivity contribution < 1.29 is 4.79 Å². The molecule has 0 aromatic carbocycles. The number of fused-ring (bicyclic) bond motifs is 1. The van der Waals surface area contributed by atoms with Crippen molar-refractivity contribution in [3.63, 3.8) is 0 Å². The van der Waals surface area contributed by atoms with E-state index in [-0.39, 0.29) is 5.41 Å². The molecular weight excluding hydrogens is 286 g/mol. The van der Waals surface area contributed by atoms with Gasteiger partial charge in [0.25, 0.3) is 5.91 Å². The van der Waals surface area contributed by atoms with Crippen LogP contribution in [0.2, 0.25) is 0 Å². The summed E-state index contributed by atoms with van der Waals surface area (Å²) in [5.41, 5.74) is 9.54. The van der Waals surface area contributed by atoms with Crippen molar-refractivity contribution in [3.05, 3.63) is 28.6 Å². The van der Waals surface area contributed by atoms with E-state index in [0.717, 1.165) is 31.0 Å². The maximum Gasteiger partial charge on any atom is 0.267 e. The molecule has 0 bridgehead atoms. The molecule has 2 aliphatic rings. The molecule has 2 aliphatic carbocycles. The lowest BCUT2D eigenvalue weighted by Gasteiger charge is -2.22. The second-order valence-electron chi connectivity index (χ2n) is 7.96. The van der Waals surface area contributed by atoms with Gasteiger partial charge in [0, 0.05) is 18.0 Å². The highest BCUT2D eigenvalue weighted by Gasteiger charge is 2.34. The fourth-order valence-corrected chi connectivity index (χ4v) is 4.20. The molecular formula is C19H29N3O. The molecule has 1 fully saturated rings. The van der Waals surface area contributed by atoms with Crippen molar-refractivity contribution in [1.29, 1.82) is 0 Å². The van der Waals surface area contributed by atoms with Crippen LogP contribution in [0.3, 0.4) is 0 Å². The van der Waals surface area contributed by atoms with Crippen LogP contribution in [-0.4, -0.2) is 16.9 Å². The number of amides is 1. The van der Waals surface area contributed by atoms with Gasteiger partial charge in [-0.05, 0) is 55.7 Å². The summed E-state index contributed by atoms with van der Waals surface area (Å²) in [6.07, 6.45) is 7.53. The van der Waals surface area contributed by atoms with Gasteiger partial charge in [0.1, 0.15) is 5.69 Å². The highest BCUT2D eigenvalue weighted by molar-refractivity contribution is 5.91. The van der Waals surface area contributed by atoms with Crippen molar-refractivity contribution in [2.75, 3.05) is 0 Å². The van der Waals surface area contributed by atoms with Crippen LogP contribution in [-0.2, 0) is 18.4 Å². The molecule has 126 valence electrons. The first-order valence-electron chi connectivity index (χ1n) is 8.95. The largest absolute Gasteiger partial charge is 0.364 e. The Morgan fingerprint density at radius 3 is 2.78 bits per heavy atom. The smallest absolute Gasteiger partial charge is 0.267 e. The highest BCUT2D eigenvalue weighted by atomic mass is 16.1. The number of nitrogens with zero attached hydrogens (tertiary/aromatic N) is 1. The monoisotopic (exact) mass is 315 g/mol. The normalized spacial score (nSPS) is 21.3. The molecule has 0 aliphatic heterocycles. The predicted octanol–water partition coefficient (Wildman–Crippen LogP) is 3.07. The van der Waals surface area contributed by atoms with E-state index >= 15 is 0 Å². The molecule has 4 nitrogen and oxygen atoms in total. The maximum atomic E-state index is 11.7. The van der Waals surface area contributed by atoms with Gasteiger partial charge < -0.3 is 11.1 Å². The third-order valence-corrected chi connectivity index (χ3v) is 5.83. The van der Waals surface area contributed by atoms with Gasteiger partial charge in [-0.1, -0.05) is 26.7 Å². The molecule has 1 aromatic heterocycles. The lowest BCUT2D eigenvalue weighted by molar-refractivity contribution is 0.0995. The summed E-state index contributed by atoms with van der Waals surface area (Å²) >= 11 is 0. The average molecular weight is 315 g/mol. The molecule has 1 saturated carbocycles. The summed E-state index contributed by atoms with van der Waals surface area (Å²) in [6, 6.07) is 2.42. The first-order chi connectivity index (χ1) is 10.9. The fourth-order valence-electron chi connectivity index (χ4n) is 4.20. The van der Waals surface area contributed by atoms with E-state index in [1.165, 1.54) is 36.8 Å². The van der Waals surface area contributed by atoms with Crippen LogP contribution in [0.1, 0.15) is 80.2 Å². The minimum atomic E-state index is -0.430. The summed E-state index contributed by atoms with van der Waals surface area (Å²) in [7, 11) is 0. The summed E-state index contributed by atoms with van der Waals surface area (Å²) < 4.78 is 0. The van der Waals surface area contributed by atoms with Crippen molar-refractivity contribution in [2.45, 2.75) is 77.3 Å². The van der Waals surface area contributed by atoms with Gasteiger partial charge in [-0.25, -0.2) is 4.98 Å². The van der Waals surface area contributed by atoms with E-state index in [4.69, 9.17) is 5.73 Å². The van der Waals surface area contributed by atoms with E-state index in [2.05, 4.69) is 31.1 Å². The average Bonchev–Trinajstić information content (AvgIpc) is 3.13. The Morgan fingerprint density at radius 1 is 1.43 bits per heavy atom. The quantitative estimate of drug-likeness (QED) is 0.877. The van der Waals surface area contributed by atoms with Gasteiger partial charge in [-0.15, -0.1) is 0 Å². The first-order valence-corrected chi connectivity index (χ1v) is 8.95. The molecule has 3 rings (SSSR count). The molecule has 1 unspecified atom stereocenters. The zero-order valence-corrected chi connectivity index (χ0v) is 14.6. The lowest BCUT2D eigenvalue weighted by Crippen LogP contribution is -2.32. The molecule has 1 atom stereocenters. The molecule has 0 saturated heterocycles. The topological polar surface area (TPSA) is 68.0 Å². The third-order valence-electron chi connectivity index (χ3n) is 5.83. The molecule has 23 heavy (non-hydrogen) atoms. The van der Waals surface area contributed by atoms with Gasteiger partial charge in [-0.2, -0.15) is 0 Å². The summed E-state index contributed by atoms with van der Waals surface area (Å²) in [4.78, 5) is 16.2. The van der Waals surface area contributed by atoms with Gasteiger partial charge in [0.05, 0.1) is 5.69 Å². The second-order valence-corrected chi connectivity index (χ2v) is 7.96. The molecule has 1 amide bonds. The number of rotatable bonds is 5. The SMILES string of the molecule is CC(NCc1cc(C(N)=O)nc2c1CCC2(C)C)C1CCCC1. The van der Waals surface area contributed by atoms with Crippen LogP contribution < -0.4 is 11.1 Å². The van der Waals surface area contributed by atoms with Crippen molar-refractivity contribution >= 4 is 5.91 Å². The first kappa shape index (κ1) is 16.4. The van der Waals surface area contributed by atoms with Gasteiger partial charge in [0.2, 0.25) is 0 Å². The minimum Gasteiger partial charge on any atom is -0.364 e. The van der Waals surface area contributed by atoms with Crippen LogP contribution >= 0.6 is 0 Å². The zero-order chi connectivity index (χ0) is 16.6. The number of primary amides is 1. The number of carbonyl (C=O) groups excluding carboxylic acids is 1. The van der Waals surface area contributed by atoms with E-state index in [1.807, 2.05) is 6.07 Å². The number of hydrogen-bond donors (Lipinski definition) is 2. The molecule has 3 N–H and O–H groups in total. The number of aromatic nitrogens is 1. The number of pyridine rings is 1. The predicted molar refractivity (Wildman–Crippen MR) is 92.4 cm³/mol. The Hall–Kier alpha value is -1.42. The Labute approximate surface area is 139 Å². The summed E-state index contributed by atoms with van der Waals surface area (Å²) in [5.74, 6) is 0.359. The van der Waals surface area contributed by atoms with Crippen LogP contribution in [0.15, 0.2) is 6.07 Å². The summed E-state index contributed by atoms with van der Waals surface area (Å²) in [6.45, 7) is 7.50.